The summed E-state index contributed by atoms with van der Waals surface area (Å²) in [5.41, 5.74) is 3.10. The van der Waals surface area contributed by atoms with E-state index in [9.17, 15) is 0 Å². The van der Waals surface area contributed by atoms with Crippen LogP contribution in [0.25, 0.3) is 0 Å². The summed E-state index contributed by atoms with van der Waals surface area (Å²) in [6.07, 6.45) is 5.21. The number of piperidine rings is 1. The number of benzene rings is 1. The van der Waals surface area contributed by atoms with Gasteiger partial charge in [0.2, 0.25) is 0 Å². The molecule has 0 spiro atoms. The van der Waals surface area contributed by atoms with Gasteiger partial charge in [0.1, 0.15) is 0 Å². The molecule has 1 unspecified atom stereocenters. The van der Waals surface area contributed by atoms with E-state index in [0.29, 0.717) is 6.04 Å². The van der Waals surface area contributed by atoms with E-state index < -0.39 is 0 Å². The lowest BCUT2D eigenvalue weighted by Gasteiger charge is -2.30. The lowest BCUT2D eigenvalue weighted by atomic mass is 9.98. The molecule has 0 radical (unpaired) electrons. The van der Waals surface area contributed by atoms with Crippen molar-refractivity contribution in [1.82, 2.24) is 10.2 Å². The first-order chi connectivity index (χ1) is 8.81. The smallest absolute Gasteiger partial charge is 0.0148 e. The van der Waals surface area contributed by atoms with E-state index in [2.05, 4.69) is 41.5 Å². The van der Waals surface area contributed by atoms with Gasteiger partial charge >= 0.3 is 0 Å². The molecule has 1 aromatic rings. The summed E-state index contributed by atoms with van der Waals surface area (Å²) in [5, 5.41) is 3.79. The molecule has 1 N–H and O–H groups in total. The van der Waals surface area contributed by atoms with Crippen molar-refractivity contribution in [2.75, 3.05) is 26.7 Å². The van der Waals surface area contributed by atoms with E-state index in [1.807, 2.05) is 0 Å². The minimum Gasteiger partial charge on any atom is -0.313 e. The molecule has 0 amide bonds. The molecule has 1 fully saturated rings. The highest BCUT2D eigenvalue weighted by molar-refractivity contribution is 5.33. The van der Waals surface area contributed by atoms with Crippen molar-refractivity contribution >= 4 is 0 Å². The third-order valence-corrected chi connectivity index (χ3v) is 4.47. The van der Waals surface area contributed by atoms with Crippen molar-refractivity contribution in [3.63, 3.8) is 0 Å². The predicted molar refractivity (Wildman–Crippen MR) is 75.9 cm³/mol. The highest BCUT2D eigenvalue weighted by Gasteiger charge is 2.22. The van der Waals surface area contributed by atoms with Gasteiger partial charge in [-0.2, -0.15) is 0 Å². The number of hydrogen-bond donors (Lipinski definition) is 1. The first-order valence-corrected chi connectivity index (χ1v) is 7.30. The number of nitrogens with one attached hydrogen (secondary N) is 1. The Bertz CT molecular complexity index is 377. The normalized spacial score (nSPS) is 25.3. The van der Waals surface area contributed by atoms with Crippen LogP contribution in [0, 0.1) is 5.92 Å². The van der Waals surface area contributed by atoms with Crippen LogP contribution in [0.1, 0.15) is 24.0 Å². The molecule has 3 rings (SSSR count). The third kappa shape index (κ3) is 2.76. The van der Waals surface area contributed by atoms with Crippen LogP contribution in [0.3, 0.4) is 0 Å². The van der Waals surface area contributed by atoms with Crippen molar-refractivity contribution in [1.29, 1.82) is 0 Å². The molecule has 1 aliphatic carbocycles. The first kappa shape index (κ1) is 12.2. The van der Waals surface area contributed by atoms with Crippen molar-refractivity contribution in [3.05, 3.63) is 35.4 Å². The highest BCUT2D eigenvalue weighted by Crippen LogP contribution is 2.22. The Hall–Kier alpha value is -0.860. The van der Waals surface area contributed by atoms with Gasteiger partial charge in [-0.3, -0.25) is 0 Å². The maximum atomic E-state index is 3.79. The SMILES string of the molecule is CN1CCCC(CNC2Cc3ccccc3C2)C1. The average molecular weight is 244 g/mol. The summed E-state index contributed by atoms with van der Waals surface area (Å²) in [4.78, 5) is 2.47. The quantitative estimate of drug-likeness (QED) is 0.876. The van der Waals surface area contributed by atoms with Gasteiger partial charge in [-0.25, -0.2) is 0 Å². The van der Waals surface area contributed by atoms with Crippen LogP contribution in [0.4, 0.5) is 0 Å². The lowest BCUT2D eigenvalue weighted by Crippen LogP contribution is -2.40. The second-order valence-corrected chi connectivity index (χ2v) is 6.05. The molecule has 1 aliphatic heterocycles. The fourth-order valence-corrected chi connectivity index (χ4v) is 3.48. The summed E-state index contributed by atoms with van der Waals surface area (Å²) in [7, 11) is 2.25. The fraction of sp³-hybridized carbons (Fsp3) is 0.625. The average Bonchev–Trinajstić information content (AvgIpc) is 2.79. The molecule has 18 heavy (non-hydrogen) atoms. The van der Waals surface area contributed by atoms with E-state index in [1.54, 1.807) is 11.1 Å². The predicted octanol–water partition coefficient (Wildman–Crippen LogP) is 2.09. The Labute approximate surface area is 110 Å². The van der Waals surface area contributed by atoms with E-state index in [1.165, 1.54) is 45.3 Å². The zero-order valence-corrected chi connectivity index (χ0v) is 11.4. The summed E-state index contributed by atoms with van der Waals surface area (Å²) < 4.78 is 0. The Morgan fingerprint density at radius 2 is 1.94 bits per heavy atom. The van der Waals surface area contributed by atoms with Gasteiger partial charge in [0, 0.05) is 12.6 Å². The molecule has 0 bridgehead atoms. The van der Waals surface area contributed by atoms with Crippen molar-refractivity contribution in [2.24, 2.45) is 5.92 Å². The van der Waals surface area contributed by atoms with Gasteiger partial charge in [0.15, 0.2) is 0 Å². The minimum absolute atomic E-state index is 0.676. The van der Waals surface area contributed by atoms with Crippen LogP contribution in [0.15, 0.2) is 24.3 Å². The molecule has 1 heterocycles. The molecule has 1 saturated heterocycles. The Kier molecular flexibility index (Phi) is 3.67. The summed E-state index contributed by atoms with van der Waals surface area (Å²) in [6, 6.07) is 9.57. The van der Waals surface area contributed by atoms with Crippen LogP contribution < -0.4 is 5.32 Å². The third-order valence-electron chi connectivity index (χ3n) is 4.47. The Morgan fingerprint density at radius 3 is 2.61 bits per heavy atom. The Balaban J connectivity index is 1.48. The van der Waals surface area contributed by atoms with Crippen LogP contribution >= 0.6 is 0 Å². The van der Waals surface area contributed by atoms with Gasteiger partial charge in [-0.15, -0.1) is 0 Å². The molecule has 1 atom stereocenters. The summed E-state index contributed by atoms with van der Waals surface area (Å²) in [5.74, 6) is 0.854. The van der Waals surface area contributed by atoms with E-state index in [-0.39, 0.29) is 0 Å². The van der Waals surface area contributed by atoms with Crippen molar-refractivity contribution < 1.29 is 0 Å². The van der Waals surface area contributed by atoms with Crippen LogP contribution in [-0.2, 0) is 12.8 Å². The van der Waals surface area contributed by atoms with Crippen molar-refractivity contribution in [2.45, 2.75) is 31.7 Å². The molecule has 0 aromatic heterocycles. The molecule has 2 nitrogen and oxygen atoms in total. The second-order valence-electron chi connectivity index (χ2n) is 6.05. The van der Waals surface area contributed by atoms with E-state index >= 15 is 0 Å². The molecule has 98 valence electrons. The molecule has 2 aliphatic rings. The van der Waals surface area contributed by atoms with Crippen LogP contribution in [-0.4, -0.2) is 37.6 Å². The number of hydrogen-bond acceptors (Lipinski definition) is 2. The van der Waals surface area contributed by atoms with E-state index in [0.717, 1.165) is 5.92 Å². The van der Waals surface area contributed by atoms with Gasteiger partial charge in [-0.05, 0) is 62.9 Å². The highest BCUT2D eigenvalue weighted by atomic mass is 15.1. The molecule has 0 saturated carbocycles. The maximum absolute atomic E-state index is 3.79. The topological polar surface area (TPSA) is 15.3 Å². The number of nitrogens with zero attached hydrogens (tertiary/aromatic N) is 1. The zero-order valence-electron chi connectivity index (χ0n) is 11.4. The van der Waals surface area contributed by atoms with Crippen molar-refractivity contribution in [3.8, 4) is 0 Å². The first-order valence-electron chi connectivity index (χ1n) is 7.30. The van der Waals surface area contributed by atoms with Gasteiger partial charge in [0.25, 0.3) is 0 Å². The van der Waals surface area contributed by atoms with Crippen LogP contribution in [0.5, 0.6) is 0 Å². The number of fused-ring (bicyclic) bond motifs is 1. The second kappa shape index (κ2) is 5.41. The minimum atomic E-state index is 0.676. The zero-order chi connectivity index (χ0) is 12.4. The molecular weight excluding hydrogens is 220 g/mol. The maximum Gasteiger partial charge on any atom is 0.0148 e. The lowest BCUT2D eigenvalue weighted by molar-refractivity contribution is 0.203. The summed E-state index contributed by atoms with van der Waals surface area (Å²) >= 11 is 0. The molecule has 2 heteroatoms. The monoisotopic (exact) mass is 244 g/mol. The molecular formula is C16H24N2. The molecule has 1 aromatic carbocycles. The van der Waals surface area contributed by atoms with Crippen LogP contribution in [0.2, 0.25) is 0 Å². The Morgan fingerprint density at radius 1 is 1.22 bits per heavy atom. The fourth-order valence-electron chi connectivity index (χ4n) is 3.48. The van der Waals surface area contributed by atoms with Gasteiger partial charge < -0.3 is 10.2 Å². The van der Waals surface area contributed by atoms with Gasteiger partial charge in [0.05, 0.1) is 0 Å². The van der Waals surface area contributed by atoms with Gasteiger partial charge in [-0.1, -0.05) is 24.3 Å². The number of rotatable bonds is 3. The summed E-state index contributed by atoms with van der Waals surface area (Å²) in [6.45, 7) is 3.75. The standard InChI is InChI=1S/C16H24N2/c1-18-8-4-5-13(12-18)11-17-16-9-14-6-2-3-7-15(14)10-16/h2-3,6-7,13,16-17H,4-5,8-12H2,1H3. The largest absolute Gasteiger partial charge is 0.313 e. The number of likely N-dealkylation sites (tertiary alicyclic amines) is 1. The van der Waals surface area contributed by atoms with E-state index in [4.69, 9.17) is 0 Å².